The summed E-state index contributed by atoms with van der Waals surface area (Å²) < 4.78 is 0. The van der Waals surface area contributed by atoms with E-state index in [2.05, 4.69) is 5.32 Å². The van der Waals surface area contributed by atoms with Crippen LogP contribution in [-0.2, 0) is 10.2 Å². The molecule has 0 aromatic heterocycles. The van der Waals surface area contributed by atoms with Gasteiger partial charge in [0.25, 0.3) is 0 Å². The zero-order chi connectivity index (χ0) is 13.2. The van der Waals surface area contributed by atoms with Gasteiger partial charge in [-0.15, -0.1) is 0 Å². The molecule has 1 aromatic rings. The van der Waals surface area contributed by atoms with Gasteiger partial charge in [-0.2, -0.15) is 0 Å². The molecule has 0 radical (unpaired) electrons. The van der Waals surface area contributed by atoms with Crippen molar-refractivity contribution in [3.8, 4) is 0 Å². The number of nitrogens with two attached hydrogens (primary N) is 1. The molecule has 1 atom stereocenters. The van der Waals surface area contributed by atoms with Gasteiger partial charge < -0.3 is 11.1 Å². The third kappa shape index (κ3) is 3.24. The quantitative estimate of drug-likeness (QED) is 0.859. The maximum absolute atomic E-state index is 11.6. The second-order valence-electron chi connectivity index (χ2n) is 5.25. The Morgan fingerprint density at radius 3 is 2.56 bits per heavy atom. The molecular weight excluding hydrogens is 248 g/mol. The highest BCUT2D eigenvalue weighted by atomic mass is 35.5. The summed E-state index contributed by atoms with van der Waals surface area (Å²) in [5.41, 5.74) is 6.98. The first kappa shape index (κ1) is 13.4. The van der Waals surface area contributed by atoms with E-state index < -0.39 is 0 Å². The van der Waals surface area contributed by atoms with E-state index in [1.54, 1.807) is 0 Å². The second-order valence-corrected chi connectivity index (χ2v) is 5.68. The fourth-order valence-electron chi connectivity index (χ4n) is 2.15. The summed E-state index contributed by atoms with van der Waals surface area (Å²) >= 11 is 5.88. The Morgan fingerprint density at radius 2 is 2.06 bits per heavy atom. The Balaban J connectivity index is 1.92. The van der Waals surface area contributed by atoms with Crippen LogP contribution in [0.25, 0.3) is 0 Å². The molecule has 1 amide bonds. The summed E-state index contributed by atoms with van der Waals surface area (Å²) in [7, 11) is 0. The third-order valence-corrected chi connectivity index (χ3v) is 3.69. The SMILES string of the molecule is CC(N)CC(=O)NCC1(c2ccc(Cl)cc2)CC1. The first-order valence-electron chi connectivity index (χ1n) is 6.30. The minimum absolute atomic E-state index is 0.0326. The van der Waals surface area contributed by atoms with E-state index in [1.807, 2.05) is 31.2 Å². The zero-order valence-corrected chi connectivity index (χ0v) is 11.3. The van der Waals surface area contributed by atoms with Crippen molar-refractivity contribution in [1.29, 1.82) is 0 Å². The van der Waals surface area contributed by atoms with E-state index in [1.165, 1.54) is 5.56 Å². The Kier molecular flexibility index (Phi) is 3.93. The molecule has 1 aromatic carbocycles. The topological polar surface area (TPSA) is 55.1 Å². The van der Waals surface area contributed by atoms with Crippen molar-refractivity contribution < 1.29 is 4.79 Å². The van der Waals surface area contributed by atoms with Crippen LogP contribution in [0.1, 0.15) is 31.7 Å². The Bertz CT molecular complexity index is 424. The number of halogens is 1. The van der Waals surface area contributed by atoms with Crippen molar-refractivity contribution in [2.75, 3.05) is 6.54 Å². The minimum atomic E-state index is -0.0873. The predicted molar refractivity (Wildman–Crippen MR) is 73.6 cm³/mol. The molecule has 1 fully saturated rings. The van der Waals surface area contributed by atoms with Gasteiger partial charge in [0, 0.05) is 29.4 Å². The molecule has 1 unspecified atom stereocenters. The normalized spacial score (nSPS) is 18.2. The molecule has 18 heavy (non-hydrogen) atoms. The average molecular weight is 267 g/mol. The summed E-state index contributed by atoms with van der Waals surface area (Å²) in [6, 6.07) is 7.82. The Morgan fingerprint density at radius 1 is 1.44 bits per heavy atom. The average Bonchev–Trinajstić information content (AvgIpc) is 3.08. The van der Waals surface area contributed by atoms with E-state index in [-0.39, 0.29) is 17.4 Å². The Hall–Kier alpha value is -1.06. The van der Waals surface area contributed by atoms with Crippen LogP contribution >= 0.6 is 11.6 Å². The van der Waals surface area contributed by atoms with Gasteiger partial charge >= 0.3 is 0 Å². The lowest BCUT2D eigenvalue weighted by Crippen LogP contribution is -2.35. The number of hydrogen-bond donors (Lipinski definition) is 2. The fraction of sp³-hybridized carbons (Fsp3) is 0.500. The summed E-state index contributed by atoms with van der Waals surface area (Å²) in [6.07, 6.45) is 2.62. The lowest BCUT2D eigenvalue weighted by molar-refractivity contribution is -0.121. The lowest BCUT2D eigenvalue weighted by atomic mass is 9.96. The highest BCUT2D eigenvalue weighted by molar-refractivity contribution is 6.30. The van der Waals surface area contributed by atoms with Crippen molar-refractivity contribution in [3.63, 3.8) is 0 Å². The van der Waals surface area contributed by atoms with Gasteiger partial charge in [0.2, 0.25) is 5.91 Å². The molecule has 0 heterocycles. The first-order chi connectivity index (χ1) is 8.52. The van der Waals surface area contributed by atoms with Gasteiger partial charge in [0.1, 0.15) is 0 Å². The van der Waals surface area contributed by atoms with Crippen LogP contribution in [0.3, 0.4) is 0 Å². The molecule has 3 N–H and O–H groups in total. The maximum atomic E-state index is 11.6. The van der Waals surface area contributed by atoms with Gasteiger partial charge in [-0.3, -0.25) is 4.79 Å². The number of carbonyl (C=O) groups is 1. The molecule has 3 nitrogen and oxygen atoms in total. The first-order valence-corrected chi connectivity index (χ1v) is 6.68. The molecule has 4 heteroatoms. The second kappa shape index (κ2) is 5.29. The largest absolute Gasteiger partial charge is 0.355 e. The molecule has 0 bridgehead atoms. The maximum Gasteiger partial charge on any atom is 0.221 e. The predicted octanol–water partition coefficient (Wildman–Crippen LogP) is 2.23. The monoisotopic (exact) mass is 266 g/mol. The lowest BCUT2D eigenvalue weighted by Gasteiger charge is -2.17. The molecule has 0 spiro atoms. The van der Waals surface area contributed by atoms with Crippen LogP contribution < -0.4 is 11.1 Å². The van der Waals surface area contributed by atoms with E-state index >= 15 is 0 Å². The van der Waals surface area contributed by atoms with Crippen molar-refractivity contribution in [3.05, 3.63) is 34.9 Å². The van der Waals surface area contributed by atoms with E-state index in [0.717, 1.165) is 17.9 Å². The summed E-state index contributed by atoms with van der Waals surface area (Å²) in [5, 5.41) is 3.72. The van der Waals surface area contributed by atoms with Crippen LogP contribution in [0.5, 0.6) is 0 Å². The number of benzene rings is 1. The van der Waals surface area contributed by atoms with Crippen LogP contribution in [-0.4, -0.2) is 18.5 Å². The van der Waals surface area contributed by atoms with Gasteiger partial charge in [-0.05, 0) is 37.5 Å². The molecule has 0 aliphatic heterocycles. The number of amides is 1. The van der Waals surface area contributed by atoms with E-state index in [0.29, 0.717) is 13.0 Å². The molecular formula is C14H19ClN2O. The minimum Gasteiger partial charge on any atom is -0.355 e. The smallest absolute Gasteiger partial charge is 0.221 e. The van der Waals surface area contributed by atoms with E-state index in [9.17, 15) is 4.79 Å². The van der Waals surface area contributed by atoms with Crippen LogP contribution in [0.4, 0.5) is 0 Å². The molecule has 2 rings (SSSR count). The fourth-order valence-corrected chi connectivity index (χ4v) is 2.28. The highest BCUT2D eigenvalue weighted by Crippen LogP contribution is 2.47. The summed E-state index contributed by atoms with van der Waals surface area (Å²) in [6.45, 7) is 2.53. The van der Waals surface area contributed by atoms with E-state index in [4.69, 9.17) is 17.3 Å². The Labute approximate surface area is 113 Å². The van der Waals surface area contributed by atoms with Crippen molar-refractivity contribution in [2.24, 2.45) is 5.73 Å². The van der Waals surface area contributed by atoms with Crippen molar-refractivity contribution in [2.45, 2.75) is 37.6 Å². The van der Waals surface area contributed by atoms with Crippen LogP contribution in [0.2, 0.25) is 5.02 Å². The molecule has 0 saturated heterocycles. The highest BCUT2D eigenvalue weighted by Gasteiger charge is 2.44. The van der Waals surface area contributed by atoms with Gasteiger partial charge in [-0.25, -0.2) is 0 Å². The van der Waals surface area contributed by atoms with Gasteiger partial charge in [0.15, 0.2) is 0 Å². The van der Waals surface area contributed by atoms with Crippen molar-refractivity contribution >= 4 is 17.5 Å². The zero-order valence-electron chi connectivity index (χ0n) is 10.6. The number of carbonyl (C=O) groups excluding carboxylic acids is 1. The number of nitrogens with one attached hydrogen (secondary N) is 1. The molecule has 1 aliphatic rings. The standard InChI is InChI=1S/C14H19ClN2O/c1-10(16)8-13(18)17-9-14(6-7-14)11-2-4-12(15)5-3-11/h2-5,10H,6-9,16H2,1H3,(H,17,18). The third-order valence-electron chi connectivity index (χ3n) is 3.44. The van der Waals surface area contributed by atoms with Crippen molar-refractivity contribution in [1.82, 2.24) is 5.32 Å². The number of rotatable bonds is 5. The number of hydrogen-bond acceptors (Lipinski definition) is 2. The van der Waals surface area contributed by atoms with Crippen LogP contribution in [0, 0.1) is 0 Å². The molecule has 98 valence electrons. The van der Waals surface area contributed by atoms with Crippen LogP contribution in [0.15, 0.2) is 24.3 Å². The molecule has 1 aliphatic carbocycles. The summed E-state index contributed by atoms with van der Waals surface area (Å²) in [4.78, 5) is 11.6. The van der Waals surface area contributed by atoms with Gasteiger partial charge in [-0.1, -0.05) is 23.7 Å². The van der Waals surface area contributed by atoms with Gasteiger partial charge in [0.05, 0.1) is 0 Å². The summed E-state index contributed by atoms with van der Waals surface area (Å²) in [5.74, 6) is 0.0326. The molecule has 1 saturated carbocycles.